The molecule has 1 aliphatic heterocycles. The average Bonchev–Trinajstić information content (AvgIpc) is 2.52. The number of benzene rings is 1. The van der Waals surface area contributed by atoms with Gasteiger partial charge in [-0.05, 0) is 24.6 Å². The number of nitrogens with zero attached hydrogens (tertiary/aromatic N) is 1. The molecule has 0 atom stereocenters. The van der Waals surface area contributed by atoms with Crippen LogP contribution in [-0.4, -0.2) is 43.8 Å². The van der Waals surface area contributed by atoms with Gasteiger partial charge in [0.25, 0.3) is 5.91 Å². The second kappa shape index (κ2) is 5.81. The Morgan fingerprint density at radius 3 is 2.74 bits per heavy atom. The van der Waals surface area contributed by atoms with Crippen molar-refractivity contribution in [3.8, 4) is 0 Å². The highest BCUT2D eigenvalue weighted by Gasteiger charge is 2.24. The lowest BCUT2D eigenvalue weighted by Gasteiger charge is -2.20. The van der Waals surface area contributed by atoms with Crippen LogP contribution in [0.4, 0.5) is 0 Å². The zero-order valence-electron chi connectivity index (χ0n) is 10.1. The zero-order valence-corrected chi connectivity index (χ0v) is 13.3. The quantitative estimate of drug-likeness (QED) is 0.767. The highest BCUT2D eigenvalue weighted by atomic mass is 79.9. The molecule has 7 heteroatoms. The summed E-state index contributed by atoms with van der Waals surface area (Å²) in [6, 6.07) is 5.06. The molecule has 1 aliphatic rings. The Balaban J connectivity index is 2.22. The van der Waals surface area contributed by atoms with Gasteiger partial charge in [-0.2, -0.15) is 0 Å². The van der Waals surface area contributed by atoms with E-state index < -0.39 is 9.84 Å². The molecule has 0 spiro atoms. The van der Waals surface area contributed by atoms with Crippen LogP contribution in [0.5, 0.6) is 0 Å². The van der Waals surface area contributed by atoms with E-state index in [4.69, 9.17) is 11.6 Å². The number of amides is 1. The van der Waals surface area contributed by atoms with E-state index in [9.17, 15) is 13.2 Å². The number of rotatable bonds is 1. The predicted octanol–water partition coefficient (Wildman–Crippen LogP) is 2.36. The normalized spacial score (nSPS) is 18.9. The Kier molecular flexibility index (Phi) is 4.53. The Hall–Kier alpha value is -0.590. The van der Waals surface area contributed by atoms with Crippen LogP contribution in [0, 0.1) is 0 Å². The lowest BCUT2D eigenvalue weighted by Crippen LogP contribution is -2.33. The number of carbonyl (C=O) groups is 1. The summed E-state index contributed by atoms with van der Waals surface area (Å²) < 4.78 is 23.8. The van der Waals surface area contributed by atoms with Crippen molar-refractivity contribution < 1.29 is 13.2 Å². The summed E-state index contributed by atoms with van der Waals surface area (Å²) in [5.74, 6) is -0.0590. The molecule has 0 radical (unpaired) electrons. The Bertz CT molecular complexity index is 603. The summed E-state index contributed by atoms with van der Waals surface area (Å²) >= 11 is 9.32. The van der Waals surface area contributed by atoms with Crippen molar-refractivity contribution in [2.45, 2.75) is 6.42 Å². The first-order valence-electron chi connectivity index (χ1n) is 5.84. The molecule has 1 aromatic rings. The fourth-order valence-corrected chi connectivity index (χ4v) is 3.80. The number of halogens is 2. The van der Waals surface area contributed by atoms with Gasteiger partial charge in [0.2, 0.25) is 0 Å². The molecule has 104 valence electrons. The summed E-state index contributed by atoms with van der Waals surface area (Å²) in [5, 5.41) is 0.375. The van der Waals surface area contributed by atoms with Crippen molar-refractivity contribution in [1.29, 1.82) is 0 Å². The lowest BCUT2D eigenvalue weighted by molar-refractivity contribution is 0.0768. The first-order chi connectivity index (χ1) is 8.89. The largest absolute Gasteiger partial charge is 0.338 e. The summed E-state index contributed by atoms with van der Waals surface area (Å²) in [6.07, 6.45) is 0.472. The molecule has 0 saturated carbocycles. The molecule has 0 aliphatic carbocycles. The Morgan fingerprint density at radius 2 is 2.00 bits per heavy atom. The highest BCUT2D eigenvalue weighted by Crippen LogP contribution is 2.23. The molecule has 1 saturated heterocycles. The van der Waals surface area contributed by atoms with Gasteiger partial charge in [0.05, 0.1) is 22.1 Å². The lowest BCUT2D eigenvalue weighted by atomic mass is 10.2. The molecule has 4 nitrogen and oxygen atoms in total. The third kappa shape index (κ3) is 3.70. The molecule has 0 aromatic heterocycles. The molecule has 19 heavy (non-hydrogen) atoms. The maximum absolute atomic E-state index is 12.4. The van der Waals surface area contributed by atoms with Crippen molar-refractivity contribution >= 4 is 43.3 Å². The summed E-state index contributed by atoms with van der Waals surface area (Å²) in [4.78, 5) is 13.9. The molecule has 0 N–H and O–H groups in total. The fourth-order valence-electron chi connectivity index (χ4n) is 1.97. The van der Waals surface area contributed by atoms with E-state index >= 15 is 0 Å². The summed E-state index contributed by atoms with van der Waals surface area (Å²) in [5.41, 5.74) is 0.398. The number of hydrogen-bond donors (Lipinski definition) is 0. The van der Waals surface area contributed by atoms with Crippen molar-refractivity contribution in [3.05, 3.63) is 33.3 Å². The molecule has 0 unspecified atom stereocenters. The van der Waals surface area contributed by atoms with Crippen molar-refractivity contribution in [2.75, 3.05) is 24.6 Å². The van der Waals surface area contributed by atoms with E-state index in [0.29, 0.717) is 23.6 Å². The second-order valence-electron chi connectivity index (χ2n) is 4.42. The molecular weight excluding hydrogens is 354 g/mol. The first kappa shape index (κ1) is 14.8. The van der Waals surface area contributed by atoms with E-state index in [1.807, 2.05) is 0 Å². The van der Waals surface area contributed by atoms with Crippen LogP contribution in [-0.2, 0) is 9.84 Å². The van der Waals surface area contributed by atoms with E-state index in [0.717, 1.165) is 4.47 Å². The average molecular weight is 367 g/mol. The van der Waals surface area contributed by atoms with Crippen molar-refractivity contribution in [2.24, 2.45) is 0 Å². The van der Waals surface area contributed by atoms with Gasteiger partial charge in [-0.1, -0.05) is 27.5 Å². The third-order valence-electron chi connectivity index (χ3n) is 3.00. The summed E-state index contributed by atoms with van der Waals surface area (Å²) in [6.45, 7) is 0.672. The van der Waals surface area contributed by atoms with E-state index in [1.165, 1.54) is 0 Å². The molecule has 0 bridgehead atoms. The van der Waals surface area contributed by atoms with Crippen LogP contribution in [0.15, 0.2) is 22.7 Å². The third-order valence-corrected chi connectivity index (χ3v) is 5.54. The van der Waals surface area contributed by atoms with Crippen LogP contribution >= 0.6 is 27.5 Å². The topological polar surface area (TPSA) is 54.5 Å². The van der Waals surface area contributed by atoms with E-state index in [-0.39, 0.29) is 24.0 Å². The second-order valence-corrected chi connectivity index (χ2v) is 8.05. The molecule has 1 aromatic carbocycles. The van der Waals surface area contributed by atoms with Gasteiger partial charge in [0.15, 0.2) is 9.84 Å². The van der Waals surface area contributed by atoms with Gasteiger partial charge in [0.1, 0.15) is 0 Å². The molecule has 1 amide bonds. The maximum atomic E-state index is 12.4. The molecule has 1 heterocycles. The smallest absolute Gasteiger partial charge is 0.255 e. The van der Waals surface area contributed by atoms with Crippen molar-refractivity contribution in [3.63, 3.8) is 0 Å². The van der Waals surface area contributed by atoms with Crippen molar-refractivity contribution in [1.82, 2.24) is 4.90 Å². The first-order valence-corrected chi connectivity index (χ1v) is 8.83. The number of sulfone groups is 1. The fraction of sp³-hybridized carbons (Fsp3) is 0.417. The highest BCUT2D eigenvalue weighted by molar-refractivity contribution is 9.10. The summed E-state index contributed by atoms with van der Waals surface area (Å²) in [7, 11) is -3.02. The number of carbonyl (C=O) groups excluding carboxylic acids is 1. The van der Waals surface area contributed by atoms with Crippen LogP contribution in [0.25, 0.3) is 0 Å². The van der Waals surface area contributed by atoms with Crippen LogP contribution in [0.2, 0.25) is 5.02 Å². The van der Waals surface area contributed by atoms with Crippen LogP contribution in [0.1, 0.15) is 16.8 Å². The standard InChI is InChI=1S/C12H13BrClNO3S/c13-9-2-3-11(14)10(8-9)12(16)15-4-1-6-19(17,18)7-5-15/h2-3,8H,1,4-7H2. The van der Waals surface area contributed by atoms with Crippen LogP contribution in [0.3, 0.4) is 0 Å². The minimum Gasteiger partial charge on any atom is -0.338 e. The minimum absolute atomic E-state index is 0.0182. The minimum atomic E-state index is -3.02. The zero-order chi connectivity index (χ0) is 14.0. The molecule has 1 fully saturated rings. The SMILES string of the molecule is O=C(c1cc(Br)ccc1Cl)N1CCCS(=O)(=O)CC1. The van der Waals surface area contributed by atoms with Gasteiger partial charge < -0.3 is 4.90 Å². The number of hydrogen-bond acceptors (Lipinski definition) is 3. The van der Waals surface area contributed by atoms with E-state index in [1.54, 1.807) is 23.1 Å². The van der Waals surface area contributed by atoms with Gasteiger partial charge in [-0.15, -0.1) is 0 Å². The van der Waals surface area contributed by atoms with E-state index in [2.05, 4.69) is 15.9 Å². The van der Waals surface area contributed by atoms with Gasteiger partial charge >= 0.3 is 0 Å². The molecular formula is C12H13BrClNO3S. The van der Waals surface area contributed by atoms with Gasteiger partial charge in [0, 0.05) is 17.6 Å². The Morgan fingerprint density at radius 1 is 1.26 bits per heavy atom. The molecule has 2 rings (SSSR count). The van der Waals surface area contributed by atoms with Gasteiger partial charge in [-0.3, -0.25) is 4.79 Å². The predicted molar refractivity (Wildman–Crippen MR) is 78.3 cm³/mol. The Labute approximate surface area is 125 Å². The van der Waals surface area contributed by atoms with Crippen LogP contribution < -0.4 is 0 Å². The van der Waals surface area contributed by atoms with Gasteiger partial charge in [-0.25, -0.2) is 8.42 Å². The monoisotopic (exact) mass is 365 g/mol. The maximum Gasteiger partial charge on any atom is 0.255 e.